The van der Waals surface area contributed by atoms with Crippen LogP contribution < -0.4 is 5.73 Å². The van der Waals surface area contributed by atoms with Crippen molar-refractivity contribution in [3.8, 4) is 11.8 Å². The summed E-state index contributed by atoms with van der Waals surface area (Å²) in [5.74, 6) is 7.13. The fourth-order valence-corrected chi connectivity index (χ4v) is 3.59. The van der Waals surface area contributed by atoms with E-state index in [1.54, 1.807) is 11.3 Å². The summed E-state index contributed by atoms with van der Waals surface area (Å²) in [5.41, 5.74) is 9.23. The van der Waals surface area contributed by atoms with Crippen molar-refractivity contribution in [2.75, 3.05) is 6.54 Å². The molecule has 0 amide bonds. The Bertz CT molecular complexity index is 670. The largest absolute Gasteiger partial charge is 0.327 e. The molecule has 2 N–H and O–H groups in total. The molecule has 0 bridgehead atoms. The molecule has 2 heterocycles. The van der Waals surface area contributed by atoms with Crippen molar-refractivity contribution in [3.63, 3.8) is 0 Å². The van der Waals surface area contributed by atoms with E-state index in [-0.39, 0.29) is 0 Å². The maximum Gasteiger partial charge on any atom is 0.106 e. The normalized spacial score (nSPS) is 13.7. The van der Waals surface area contributed by atoms with E-state index in [1.807, 2.05) is 0 Å². The minimum Gasteiger partial charge on any atom is -0.327 e. The first-order chi connectivity index (χ1) is 9.78. The fraction of sp³-hybridized carbons (Fsp3) is 0.438. The molecule has 3 nitrogen and oxygen atoms in total. The van der Waals surface area contributed by atoms with Crippen molar-refractivity contribution in [2.45, 2.75) is 39.2 Å². The summed E-state index contributed by atoms with van der Waals surface area (Å²) in [6.45, 7) is 3.45. The maximum atomic E-state index is 5.41. The van der Waals surface area contributed by atoms with Crippen LogP contribution in [-0.4, -0.2) is 16.1 Å². The first-order valence-corrected chi connectivity index (χ1v) is 7.97. The first-order valence-electron chi connectivity index (χ1n) is 7.09. The molecule has 4 heteroatoms. The quantitative estimate of drug-likeness (QED) is 0.862. The van der Waals surface area contributed by atoms with Crippen LogP contribution in [0, 0.1) is 18.8 Å². The number of imidazole rings is 1. The van der Waals surface area contributed by atoms with Crippen LogP contribution in [0.1, 0.15) is 40.5 Å². The smallest absolute Gasteiger partial charge is 0.106 e. The monoisotopic (exact) mass is 285 g/mol. The topological polar surface area (TPSA) is 43.8 Å². The molecule has 104 valence electrons. The molecule has 3 rings (SSSR count). The van der Waals surface area contributed by atoms with Crippen LogP contribution in [0.15, 0.2) is 11.4 Å². The van der Waals surface area contributed by atoms with Gasteiger partial charge in [0.1, 0.15) is 5.82 Å². The Labute approximate surface area is 123 Å². The highest BCUT2D eigenvalue weighted by molar-refractivity contribution is 7.10. The van der Waals surface area contributed by atoms with Gasteiger partial charge in [-0.15, -0.1) is 11.3 Å². The van der Waals surface area contributed by atoms with Crippen LogP contribution in [0.3, 0.4) is 0 Å². The second-order valence-corrected chi connectivity index (χ2v) is 6.15. The fourth-order valence-electron chi connectivity index (χ4n) is 2.78. The van der Waals surface area contributed by atoms with Gasteiger partial charge in [0.2, 0.25) is 0 Å². The molecule has 0 radical (unpaired) electrons. The summed E-state index contributed by atoms with van der Waals surface area (Å²) in [4.78, 5) is 6.06. The number of fused-ring (bicyclic) bond motifs is 1. The number of aromatic nitrogens is 2. The SMILES string of the molecule is Cc1nc2c(n1Cc1cc(C#CCN)cs1)CCCC2. The van der Waals surface area contributed by atoms with Gasteiger partial charge in [0.15, 0.2) is 0 Å². The molecule has 0 saturated heterocycles. The Hall–Kier alpha value is -1.57. The lowest BCUT2D eigenvalue weighted by Gasteiger charge is -2.14. The molecule has 20 heavy (non-hydrogen) atoms. The zero-order chi connectivity index (χ0) is 13.9. The van der Waals surface area contributed by atoms with Gasteiger partial charge in [-0.05, 0) is 38.7 Å². The van der Waals surface area contributed by atoms with Gasteiger partial charge < -0.3 is 10.3 Å². The maximum absolute atomic E-state index is 5.41. The highest BCUT2D eigenvalue weighted by atomic mass is 32.1. The lowest BCUT2D eigenvalue weighted by atomic mass is 10.0. The van der Waals surface area contributed by atoms with Crippen molar-refractivity contribution in [2.24, 2.45) is 5.73 Å². The van der Waals surface area contributed by atoms with Crippen molar-refractivity contribution < 1.29 is 0 Å². The summed E-state index contributed by atoms with van der Waals surface area (Å²) in [6.07, 6.45) is 4.87. The lowest BCUT2D eigenvalue weighted by molar-refractivity contribution is 0.626. The lowest BCUT2D eigenvalue weighted by Crippen LogP contribution is -2.09. The van der Waals surface area contributed by atoms with Crippen LogP contribution in [-0.2, 0) is 19.4 Å². The van der Waals surface area contributed by atoms with Gasteiger partial charge in [-0.3, -0.25) is 0 Å². The number of rotatable bonds is 2. The molecule has 0 aliphatic heterocycles. The van der Waals surface area contributed by atoms with E-state index >= 15 is 0 Å². The van der Waals surface area contributed by atoms with Gasteiger partial charge in [0.05, 0.1) is 18.8 Å². The number of hydrogen-bond acceptors (Lipinski definition) is 3. The van der Waals surface area contributed by atoms with E-state index in [9.17, 15) is 0 Å². The molecule has 1 aliphatic carbocycles. The molecule has 2 aromatic heterocycles. The Balaban J connectivity index is 1.84. The van der Waals surface area contributed by atoms with E-state index in [2.05, 4.69) is 34.8 Å². The van der Waals surface area contributed by atoms with Crippen molar-refractivity contribution in [3.05, 3.63) is 39.1 Å². The van der Waals surface area contributed by atoms with Crippen molar-refractivity contribution in [1.82, 2.24) is 9.55 Å². The van der Waals surface area contributed by atoms with Crippen LogP contribution in [0.25, 0.3) is 0 Å². The first kappa shape index (κ1) is 13.4. The third-order valence-electron chi connectivity index (χ3n) is 3.73. The number of nitrogens with zero attached hydrogens (tertiary/aromatic N) is 2. The summed E-state index contributed by atoms with van der Waals surface area (Å²) in [5, 5.41) is 2.11. The summed E-state index contributed by atoms with van der Waals surface area (Å²) in [6, 6.07) is 2.17. The van der Waals surface area contributed by atoms with Crippen LogP contribution in [0.2, 0.25) is 0 Å². The number of hydrogen-bond donors (Lipinski definition) is 1. The number of aryl methyl sites for hydroxylation is 2. The Morgan fingerprint density at radius 2 is 2.25 bits per heavy atom. The Morgan fingerprint density at radius 3 is 3.10 bits per heavy atom. The predicted octanol–water partition coefficient (Wildman–Crippen LogP) is 2.49. The second-order valence-electron chi connectivity index (χ2n) is 5.15. The molecule has 1 aliphatic rings. The van der Waals surface area contributed by atoms with Gasteiger partial charge in [0, 0.05) is 21.5 Å². The standard InChI is InChI=1S/C16H19N3S/c1-12-18-15-6-2-3-7-16(15)19(12)10-14-9-13(11-20-14)5-4-8-17/h9,11H,2-3,6-8,10,17H2,1H3. The van der Waals surface area contributed by atoms with E-state index in [4.69, 9.17) is 10.7 Å². The summed E-state index contributed by atoms with van der Waals surface area (Å²) < 4.78 is 2.38. The van der Waals surface area contributed by atoms with Crippen LogP contribution in [0.4, 0.5) is 0 Å². The van der Waals surface area contributed by atoms with E-state index < -0.39 is 0 Å². The van der Waals surface area contributed by atoms with Gasteiger partial charge >= 0.3 is 0 Å². The third-order valence-corrected chi connectivity index (χ3v) is 4.65. The summed E-state index contributed by atoms with van der Waals surface area (Å²) >= 11 is 1.77. The molecule has 0 aromatic carbocycles. The van der Waals surface area contributed by atoms with Crippen molar-refractivity contribution in [1.29, 1.82) is 0 Å². The molecule has 0 atom stereocenters. The van der Waals surface area contributed by atoms with Gasteiger partial charge in [-0.1, -0.05) is 11.8 Å². The molecule has 0 saturated carbocycles. The van der Waals surface area contributed by atoms with Crippen molar-refractivity contribution >= 4 is 11.3 Å². The second kappa shape index (κ2) is 5.82. The van der Waals surface area contributed by atoms with Crippen LogP contribution >= 0.6 is 11.3 Å². The minimum absolute atomic E-state index is 0.416. The van der Waals surface area contributed by atoms with Crippen LogP contribution in [0.5, 0.6) is 0 Å². The molecule has 2 aromatic rings. The predicted molar refractivity (Wildman–Crippen MR) is 83.0 cm³/mol. The van der Waals surface area contributed by atoms with Gasteiger partial charge in [0.25, 0.3) is 0 Å². The number of thiophene rings is 1. The Morgan fingerprint density at radius 1 is 1.40 bits per heavy atom. The van der Waals surface area contributed by atoms with E-state index in [0.717, 1.165) is 24.4 Å². The molecule has 0 fully saturated rings. The average molecular weight is 285 g/mol. The Kier molecular flexibility index (Phi) is 3.90. The zero-order valence-electron chi connectivity index (χ0n) is 11.8. The molecular weight excluding hydrogens is 266 g/mol. The summed E-state index contributed by atoms with van der Waals surface area (Å²) in [7, 11) is 0. The van der Waals surface area contributed by atoms with E-state index in [0.29, 0.717) is 6.54 Å². The number of nitrogens with two attached hydrogens (primary N) is 1. The minimum atomic E-state index is 0.416. The molecule has 0 unspecified atom stereocenters. The van der Waals surface area contributed by atoms with E-state index in [1.165, 1.54) is 35.5 Å². The van der Waals surface area contributed by atoms with Gasteiger partial charge in [-0.25, -0.2) is 4.98 Å². The third kappa shape index (κ3) is 2.65. The molecular formula is C16H19N3S. The average Bonchev–Trinajstić information content (AvgIpc) is 3.02. The van der Waals surface area contributed by atoms with Gasteiger partial charge in [-0.2, -0.15) is 0 Å². The molecule has 0 spiro atoms. The highest BCUT2D eigenvalue weighted by Gasteiger charge is 2.18. The highest BCUT2D eigenvalue weighted by Crippen LogP contribution is 2.24. The zero-order valence-corrected chi connectivity index (χ0v) is 12.6.